The number of sulfonamides is 1. The van der Waals surface area contributed by atoms with E-state index in [4.69, 9.17) is 11.6 Å². The fraction of sp³-hybridized carbons (Fsp3) is 0.533. The summed E-state index contributed by atoms with van der Waals surface area (Å²) in [4.78, 5) is 16.3. The molecule has 0 radical (unpaired) electrons. The van der Waals surface area contributed by atoms with Gasteiger partial charge in [0.2, 0.25) is 15.9 Å². The van der Waals surface area contributed by atoms with E-state index >= 15 is 0 Å². The zero-order valence-corrected chi connectivity index (χ0v) is 14.4. The quantitative estimate of drug-likeness (QED) is 0.810. The van der Waals surface area contributed by atoms with Crippen LogP contribution >= 0.6 is 11.6 Å². The maximum atomic E-state index is 12.3. The molecule has 0 aromatic heterocycles. The Morgan fingerprint density at radius 2 is 1.70 bits per heavy atom. The molecule has 2 aliphatic rings. The molecule has 126 valence electrons. The molecular formula is C15H20ClN3O3S. The third kappa shape index (κ3) is 3.79. The summed E-state index contributed by atoms with van der Waals surface area (Å²) in [6.07, 6.45) is 0.611. The maximum Gasteiger partial charge on any atom is 0.238 e. The summed E-state index contributed by atoms with van der Waals surface area (Å²) in [5.74, 6) is 0.0520. The maximum absolute atomic E-state index is 12.3. The normalized spacial score (nSPS) is 21.6. The predicted molar refractivity (Wildman–Crippen MR) is 90.2 cm³/mol. The van der Waals surface area contributed by atoms with Crippen molar-refractivity contribution in [2.24, 2.45) is 0 Å². The molecule has 1 aromatic carbocycles. The molecule has 0 saturated carbocycles. The molecule has 2 aliphatic heterocycles. The number of hydrogen-bond donors (Lipinski definition) is 0. The van der Waals surface area contributed by atoms with Gasteiger partial charge in [-0.15, -0.1) is 0 Å². The lowest BCUT2D eigenvalue weighted by Gasteiger charge is -2.36. The van der Waals surface area contributed by atoms with Gasteiger partial charge in [-0.25, -0.2) is 8.42 Å². The Hall–Kier alpha value is -1.31. The van der Waals surface area contributed by atoms with E-state index < -0.39 is 10.0 Å². The average molecular weight is 358 g/mol. The minimum absolute atomic E-state index is 0.0245. The van der Waals surface area contributed by atoms with Crippen LogP contribution in [0.5, 0.6) is 0 Å². The lowest BCUT2D eigenvalue weighted by atomic mass is 10.2. The van der Waals surface area contributed by atoms with Crippen LogP contribution < -0.4 is 4.90 Å². The first-order valence-electron chi connectivity index (χ1n) is 7.72. The Balaban J connectivity index is 1.54. The third-order valence-electron chi connectivity index (χ3n) is 4.34. The Morgan fingerprint density at radius 1 is 1.04 bits per heavy atom. The second-order valence-electron chi connectivity index (χ2n) is 5.85. The number of rotatable bonds is 3. The van der Waals surface area contributed by atoms with Crippen molar-refractivity contribution in [2.45, 2.75) is 6.42 Å². The van der Waals surface area contributed by atoms with Crippen molar-refractivity contribution in [1.29, 1.82) is 0 Å². The first-order valence-corrected chi connectivity index (χ1v) is 9.70. The highest BCUT2D eigenvalue weighted by Gasteiger charge is 2.32. The van der Waals surface area contributed by atoms with Crippen LogP contribution in [0.25, 0.3) is 0 Å². The molecule has 2 fully saturated rings. The number of halogens is 1. The SMILES string of the molecule is O=C(CN1CCCS1(=O)=O)N1CCN(c2ccc(Cl)cc2)CC1. The van der Waals surface area contributed by atoms with E-state index in [2.05, 4.69) is 4.90 Å². The van der Waals surface area contributed by atoms with Gasteiger partial charge in [-0.3, -0.25) is 4.79 Å². The Morgan fingerprint density at radius 3 is 2.26 bits per heavy atom. The molecular weight excluding hydrogens is 338 g/mol. The monoisotopic (exact) mass is 357 g/mol. The van der Waals surface area contributed by atoms with Gasteiger partial charge in [0.1, 0.15) is 0 Å². The molecule has 0 unspecified atom stereocenters. The highest BCUT2D eigenvalue weighted by atomic mass is 35.5. The molecule has 1 aromatic rings. The molecule has 23 heavy (non-hydrogen) atoms. The van der Waals surface area contributed by atoms with Crippen molar-refractivity contribution < 1.29 is 13.2 Å². The van der Waals surface area contributed by atoms with Crippen molar-refractivity contribution >= 4 is 33.2 Å². The van der Waals surface area contributed by atoms with Gasteiger partial charge in [0.15, 0.2) is 0 Å². The van der Waals surface area contributed by atoms with Crippen molar-refractivity contribution in [3.63, 3.8) is 0 Å². The molecule has 2 heterocycles. The number of anilines is 1. The van der Waals surface area contributed by atoms with Crippen LogP contribution in [0.4, 0.5) is 5.69 Å². The lowest BCUT2D eigenvalue weighted by Crippen LogP contribution is -2.51. The van der Waals surface area contributed by atoms with E-state index in [9.17, 15) is 13.2 Å². The summed E-state index contributed by atoms with van der Waals surface area (Å²) in [5.41, 5.74) is 1.09. The molecule has 8 heteroatoms. The van der Waals surface area contributed by atoms with Crippen molar-refractivity contribution in [1.82, 2.24) is 9.21 Å². The van der Waals surface area contributed by atoms with E-state index in [0.717, 1.165) is 18.8 Å². The highest BCUT2D eigenvalue weighted by Crippen LogP contribution is 2.20. The van der Waals surface area contributed by atoms with Crippen LogP contribution in [0.2, 0.25) is 5.02 Å². The van der Waals surface area contributed by atoms with Crippen LogP contribution in [0, 0.1) is 0 Å². The molecule has 0 bridgehead atoms. The van der Waals surface area contributed by atoms with E-state index in [-0.39, 0.29) is 18.2 Å². The van der Waals surface area contributed by atoms with Gasteiger partial charge >= 0.3 is 0 Å². The summed E-state index contributed by atoms with van der Waals surface area (Å²) in [6.45, 7) is 3.12. The van der Waals surface area contributed by atoms with Crippen molar-refractivity contribution in [3.05, 3.63) is 29.3 Å². The standard InChI is InChI=1S/C15H20ClN3O3S/c16-13-2-4-14(5-3-13)17-7-9-18(10-8-17)15(20)12-19-6-1-11-23(19,21)22/h2-5H,1,6-12H2. The molecule has 3 rings (SSSR count). The number of benzene rings is 1. The highest BCUT2D eigenvalue weighted by molar-refractivity contribution is 7.89. The zero-order valence-electron chi connectivity index (χ0n) is 12.8. The third-order valence-corrected chi connectivity index (χ3v) is 6.49. The van der Waals surface area contributed by atoms with E-state index in [1.54, 1.807) is 4.90 Å². The lowest BCUT2D eigenvalue weighted by molar-refractivity contribution is -0.131. The molecule has 2 saturated heterocycles. The molecule has 6 nitrogen and oxygen atoms in total. The van der Waals surface area contributed by atoms with E-state index in [1.807, 2.05) is 24.3 Å². The van der Waals surface area contributed by atoms with Crippen LogP contribution in [0.1, 0.15) is 6.42 Å². The average Bonchev–Trinajstić information content (AvgIpc) is 2.87. The van der Waals surface area contributed by atoms with Crippen LogP contribution in [0.15, 0.2) is 24.3 Å². The number of hydrogen-bond acceptors (Lipinski definition) is 4. The summed E-state index contributed by atoms with van der Waals surface area (Å²) >= 11 is 5.89. The number of nitrogens with zero attached hydrogens (tertiary/aromatic N) is 3. The van der Waals surface area contributed by atoms with Crippen molar-refractivity contribution in [3.8, 4) is 0 Å². The second-order valence-corrected chi connectivity index (χ2v) is 8.37. The van der Waals surface area contributed by atoms with Crippen LogP contribution in [-0.2, 0) is 14.8 Å². The van der Waals surface area contributed by atoms with E-state index in [1.165, 1.54) is 4.31 Å². The Kier molecular flexibility index (Phi) is 4.79. The smallest absolute Gasteiger partial charge is 0.238 e. The van der Waals surface area contributed by atoms with Gasteiger partial charge in [0.25, 0.3) is 0 Å². The summed E-state index contributed by atoms with van der Waals surface area (Å²) in [5, 5.41) is 0.703. The van der Waals surface area contributed by atoms with Gasteiger partial charge in [0.05, 0.1) is 12.3 Å². The first-order chi connectivity index (χ1) is 11.0. The molecule has 0 spiro atoms. The molecule has 1 amide bonds. The topological polar surface area (TPSA) is 60.9 Å². The van der Waals surface area contributed by atoms with Gasteiger partial charge in [0, 0.05) is 43.4 Å². The molecule has 0 atom stereocenters. The van der Waals surface area contributed by atoms with Gasteiger partial charge in [-0.1, -0.05) is 11.6 Å². The fourth-order valence-corrected chi connectivity index (χ4v) is 4.58. The minimum atomic E-state index is -3.22. The van der Waals surface area contributed by atoms with Crippen LogP contribution in [0.3, 0.4) is 0 Å². The van der Waals surface area contributed by atoms with Gasteiger partial charge in [-0.2, -0.15) is 4.31 Å². The van der Waals surface area contributed by atoms with Gasteiger partial charge < -0.3 is 9.80 Å². The van der Waals surface area contributed by atoms with Crippen LogP contribution in [-0.4, -0.2) is 68.6 Å². The summed E-state index contributed by atoms with van der Waals surface area (Å²) < 4.78 is 24.9. The zero-order chi connectivity index (χ0) is 16.4. The Bertz CT molecular complexity index is 670. The minimum Gasteiger partial charge on any atom is -0.368 e. The fourth-order valence-electron chi connectivity index (χ4n) is 2.99. The summed E-state index contributed by atoms with van der Waals surface area (Å²) in [6, 6.07) is 7.65. The number of amides is 1. The Labute approximate surface area is 141 Å². The van der Waals surface area contributed by atoms with Gasteiger partial charge in [-0.05, 0) is 30.7 Å². The first kappa shape index (κ1) is 16.5. The van der Waals surface area contributed by atoms with Crippen molar-refractivity contribution in [2.75, 3.05) is 49.9 Å². The molecule has 0 N–H and O–H groups in total. The number of piperazine rings is 1. The number of carbonyl (C=O) groups is 1. The predicted octanol–water partition coefficient (Wildman–Crippen LogP) is 1.02. The largest absolute Gasteiger partial charge is 0.368 e. The number of carbonyl (C=O) groups excluding carboxylic acids is 1. The second kappa shape index (κ2) is 6.67. The summed E-state index contributed by atoms with van der Waals surface area (Å²) in [7, 11) is -3.22. The molecule has 0 aliphatic carbocycles. The van der Waals surface area contributed by atoms with E-state index in [0.29, 0.717) is 31.1 Å².